The maximum Gasteiger partial charge on any atom is 0.416 e. The van der Waals surface area contributed by atoms with Gasteiger partial charge in [0.05, 0.1) is 11.1 Å². The van der Waals surface area contributed by atoms with Gasteiger partial charge in [0, 0.05) is 10.2 Å². The SMILES string of the molecule is N#Cc1ccc(C(F)(F)F)cc1SCCCBr. The van der Waals surface area contributed by atoms with Gasteiger partial charge in [0.15, 0.2) is 0 Å². The maximum absolute atomic E-state index is 12.5. The molecule has 0 aromatic heterocycles. The molecular weight excluding hydrogens is 315 g/mol. The molecule has 0 aliphatic carbocycles. The van der Waals surface area contributed by atoms with Gasteiger partial charge in [-0.25, -0.2) is 0 Å². The highest BCUT2D eigenvalue weighted by Crippen LogP contribution is 2.33. The number of alkyl halides is 4. The molecule has 1 aromatic carbocycles. The molecule has 6 heteroatoms. The molecule has 1 aromatic rings. The smallest absolute Gasteiger partial charge is 0.192 e. The largest absolute Gasteiger partial charge is 0.416 e. The van der Waals surface area contributed by atoms with Crippen LogP contribution in [-0.4, -0.2) is 11.1 Å². The normalized spacial score (nSPS) is 11.2. The minimum absolute atomic E-state index is 0.289. The first-order valence-corrected chi connectivity index (χ1v) is 6.90. The Morgan fingerprint density at radius 2 is 2.06 bits per heavy atom. The summed E-state index contributed by atoms with van der Waals surface area (Å²) in [7, 11) is 0. The highest BCUT2D eigenvalue weighted by Gasteiger charge is 2.31. The zero-order valence-corrected chi connectivity index (χ0v) is 11.1. The molecule has 0 aliphatic rings. The van der Waals surface area contributed by atoms with Crippen molar-refractivity contribution in [3.63, 3.8) is 0 Å². The number of hydrogen-bond donors (Lipinski definition) is 0. The second-order valence-electron chi connectivity index (χ2n) is 3.21. The molecule has 1 rings (SSSR count). The van der Waals surface area contributed by atoms with Crippen LogP contribution in [0.25, 0.3) is 0 Å². The molecule has 0 radical (unpaired) electrons. The number of benzene rings is 1. The summed E-state index contributed by atoms with van der Waals surface area (Å²) in [6.45, 7) is 0. The van der Waals surface area contributed by atoms with E-state index >= 15 is 0 Å². The fourth-order valence-electron chi connectivity index (χ4n) is 1.15. The summed E-state index contributed by atoms with van der Waals surface area (Å²) in [4.78, 5) is 0.392. The summed E-state index contributed by atoms with van der Waals surface area (Å²) in [5.41, 5.74) is -0.421. The van der Waals surface area contributed by atoms with E-state index in [2.05, 4.69) is 15.9 Å². The molecule has 0 spiro atoms. The lowest BCUT2D eigenvalue weighted by Crippen LogP contribution is -2.05. The van der Waals surface area contributed by atoms with E-state index in [1.807, 2.05) is 6.07 Å². The van der Waals surface area contributed by atoms with Gasteiger partial charge < -0.3 is 0 Å². The van der Waals surface area contributed by atoms with E-state index in [4.69, 9.17) is 5.26 Å². The van der Waals surface area contributed by atoms with Crippen molar-refractivity contribution in [2.24, 2.45) is 0 Å². The summed E-state index contributed by atoms with van der Waals surface area (Å²) in [5, 5.41) is 9.61. The van der Waals surface area contributed by atoms with Crippen LogP contribution in [0.4, 0.5) is 13.2 Å². The van der Waals surface area contributed by atoms with E-state index in [0.29, 0.717) is 10.6 Å². The molecule has 0 amide bonds. The van der Waals surface area contributed by atoms with Crippen LogP contribution < -0.4 is 0 Å². The molecule has 0 fully saturated rings. The lowest BCUT2D eigenvalue weighted by Gasteiger charge is -2.09. The summed E-state index contributed by atoms with van der Waals surface area (Å²) in [6.07, 6.45) is -3.52. The Balaban J connectivity index is 2.96. The van der Waals surface area contributed by atoms with Crippen molar-refractivity contribution >= 4 is 27.7 Å². The number of halogens is 4. The van der Waals surface area contributed by atoms with Crippen LogP contribution >= 0.6 is 27.7 Å². The summed E-state index contributed by atoms with van der Waals surface area (Å²) in [6, 6.07) is 5.10. The molecule has 0 atom stereocenters. The quantitative estimate of drug-likeness (QED) is 0.464. The van der Waals surface area contributed by atoms with Crippen molar-refractivity contribution in [2.75, 3.05) is 11.1 Å². The van der Waals surface area contributed by atoms with Gasteiger partial charge in [0.1, 0.15) is 6.07 Å². The first-order valence-electron chi connectivity index (χ1n) is 4.79. The predicted octanol–water partition coefficient (Wildman–Crippen LogP) is 4.45. The van der Waals surface area contributed by atoms with Crippen molar-refractivity contribution in [3.05, 3.63) is 29.3 Å². The minimum Gasteiger partial charge on any atom is -0.192 e. The highest BCUT2D eigenvalue weighted by atomic mass is 79.9. The Morgan fingerprint density at radius 3 is 2.59 bits per heavy atom. The Bertz CT molecular complexity index is 426. The third-order valence-electron chi connectivity index (χ3n) is 1.96. The standard InChI is InChI=1S/C11H9BrF3NS/c12-4-1-5-17-10-6-9(11(13,14)15)3-2-8(10)7-16/h2-3,6H,1,4-5H2. The van der Waals surface area contributed by atoms with Crippen LogP contribution in [-0.2, 0) is 6.18 Å². The van der Waals surface area contributed by atoms with Gasteiger partial charge in [-0.05, 0) is 30.4 Å². The van der Waals surface area contributed by atoms with Gasteiger partial charge in [0.2, 0.25) is 0 Å². The molecule has 1 nitrogen and oxygen atoms in total. The third kappa shape index (κ3) is 4.25. The van der Waals surface area contributed by atoms with E-state index in [1.54, 1.807) is 0 Å². The van der Waals surface area contributed by atoms with Crippen LogP contribution in [0.5, 0.6) is 0 Å². The maximum atomic E-state index is 12.5. The van der Waals surface area contributed by atoms with Gasteiger partial charge in [-0.3, -0.25) is 0 Å². The molecule has 0 bridgehead atoms. The third-order valence-corrected chi connectivity index (χ3v) is 3.67. The Kier molecular flexibility index (Phi) is 5.34. The van der Waals surface area contributed by atoms with E-state index < -0.39 is 11.7 Å². The Hall–Kier alpha value is -0.670. The van der Waals surface area contributed by atoms with Crippen molar-refractivity contribution in [1.29, 1.82) is 5.26 Å². The molecule has 0 saturated carbocycles. The first kappa shape index (κ1) is 14.4. The number of rotatable bonds is 4. The van der Waals surface area contributed by atoms with Gasteiger partial charge in [-0.2, -0.15) is 18.4 Å². The molecule has 0 N–H and O–H groups in total. The monoisotopic (exact) mass is 323 g/mol. The van der Waals surface area contributed by atoms with Crippen LogP contribution in [0, 0.1) is 11.3 Å². The molecule has 0 aliphatic heterocycles. The number of nitrogens with zero attached hydrogens (tertiary/aromatic N) is 1. The van der Waals surface area contributed by atoms with Crippen molar-refractivity contribution in [2.45, 2.75) is 17.5 Å². The average Bonchev–Trinajstić information content (AvgIpc) is 2.28. The first-order chi connectivity index (χ1) is 7.99. The van der Waals surface area contributed by atoms with Crippen LogP contribution in [0.1, 0.15) is 17.5 Å². The summed E-state index contributed by atoms with van der Waals surface area (Å²) in [5.74, 6) is 0.682. The van der Waals surface area contributed by atoms with Gasteiger partial charge >= 0.3 is 6.18 Å². The highest BCUT2D eigenvalue weighted by molar-refractivity contribution is 9.09. The lowest BCUT2D eigenvalue weighted by molar-refractivity contribution is -0.137. The molecule has 0 unspecified atom stereocenters. The van der Waals surface area contributed by atoms with Crippen LogP contribution in [0.2, 0.25) is 0 Å². The van der Waals surface area contributed by atoms with E-state index in [0.717, 1.165) is 23.9 Å². The minimum atomic E-state index is -4.36. The second kappa shape index (κ2) is 6.31. The average molecular weight is 324 g/mol. The van der Waals surface area contributed by atoms with Crippen molar-refractivity contribution < 1.29 is 13.2 Å². The van der Waals surface area contributed by atoms with Crippen molar-refractivity contribution in [3.8, 4) is 6.07 Å². The number of thioether (sulfide) groups is 1. The predicted molar refractivity (Wildman–Crippen MR) is 65.3 cm³/mol. The van der Waals surface area contributed by atoms with Gasteiger partial charge in [-0.15, -0.1) is 11.8 Å². The van der Waals surface area contributed by atoms with E-state index in [-0.39, 0.29) is 5.56 Å². The van der Waals surface area contributed by atoms with E-state index in [1.165, 1.54) is 17.8 Å². The number of hydrogen-bond acceptors (Lipinski definition) is 2. The van der Waals surface area contributed by atoms with E-state index in [9.17, 15) is 13.2 Å². The molecular formula is C11H9BrF3NS. The van der Waals surface area contributed by atoms with Gasteiger partial charge in [-0.1, -0.05) is 15.9 Å². The Labute approximate surface area is 110 Å². The van der Waals surface area contributed by atoms with Crippen LogP contribution in [0.15, 0.2) is 23.1 Å². The van der Waals surface area contributed by atoms with Gasteiger partial charge in [0.25, 0.3) is 0 Å². The Morgan fingerprint density at radius 1 is 1.35 bits per heavy atom. The topological polar surface area (TPSA) is 23.8 Å². The molecule has 17 heavy (non-hydrogen) atoms. The molecule has 0 heterocycles. The molecule has 92 valence electrons. The fraction of sp³-hybridized carbons (Fsp3) is 0.364. The zero-order chi connectivity index (χ0) is 12.9. The number of nitriles is 1. The second-order valence-corrected chi connectivity index (χ2v) is 5.14. The summed E-state index contributed by atoms with van der Waals surface area (Å²) >= 11 is 4.52. The van der Waals surface area contributed by atoms with Crippen molar-refractivity contribution in [1.82, 2.24) is 0 Å². The summed E-state index contributed by atoms with van der Waals surface area (Å²) < 4.78 is 37.5. The van der Waals surface area contributed by atoms with Crippen LogP contribution in [0.3, 0.4) is 0 Å². The zero-order valence-electron chi connectivity index (χ0n) is 8.72. The fourth-order valence-corrected chi connectivity index (χ4v) is 2.79. The lowest BCUT2D eigenvalue weighted by atomic mass is 10.1. The molecule has 0 saturated heterocycles.